The number of rotatable bonds is 13. The van der Waals surface area contributed by atoms with E-state index >= 15 is 0 Å². The van der Waals surface area contributed by atoms with Crippen LogP contribution < -0.4 is 5.32 Å². The first-order valence-electron chi connectivity index (χ1n) is 12.4. The molecule has 2 atom stereocenters. The molecule has 0 fully saturated rings. The predicted molar refractivity (Wildman–Crippen MR) is 149 cm³/mol. The van der Waals surface area contributed by atoms with E-state index in [1.54, 1.807) is 28.3 Å². The number of aliphatic hydroxyl groups excluding tert-OH is 1. The molecule has 0 saturated carbocycles. The van der Waals surface area contributed by atoms with Crippen molar-refractivity contribution in [2.45, 2.75) is 44.7 Å². The summed E-state index contributed by atoms with van der Waals surface area (Å²) in [6.07, 6.45) is 1.85. The van der Waals surface area contributed by atoms with Crippen LogP contribution in [0.5, 0.6) is 0 Å². The van der Waals surface area contributed by atoms with Gasteiger partial charge in [-0.25, -0.2) is 9.59 Å². The van der Waals surface area contributed by atoms with Crippen molar-refractivity contribution in [3.8, 4) is 0 Å². The Kier molecular flexibility index (Phi) is 10.8. The van der Waals surface area contributed by atoms with Crippen LogP contribution in [0.15, 0.2) is 84.1 Å². The number of aromatic nitrogens is 2. The van der Waals surface area contributed by atoms with Gasteiger partial charge in [-0.05, 0) is 24.0 Å². The summed E-state index contributed by atoms with van der Waals surface area (Å²) < 4.78 is 10.9. The quantitative estimate of drug-likeness (QED) is 0.233. The highest BCUT2D eigenvalue weighted by molar-refractivity contribution is 7.09. The van der Waals surface area contributed by atoms with E-state index in [1.165, 1.54) is 22.7 Å². The zero-order chi connectivity index (χ0) is 27.3. The molecular weight excluding hydrogens is 536 g/mol. The molecule has 2 amide bonds. The van der Waals surface area contributed by atoms with E-state index < -0.39 is 24.3 Å². The molecule has 0 radical (unpaired) electrons. The third kappa shape index (κ3) is 9.47. The number of ether oxygens (including phenoxy) is 2. The summed E-state index contributed by atoms with van der Waals surface area (Å²) in [7, 11) is 0. The fourth-order valence-electron chi connectivity index (χ4n) is 3.86. The Morgan fingerprint density at radius 3 is 2.05 bits per heavy atom. The van der Waals surface area contributed by atoms with Crippen LogP contribution in [0.2, 0.25) is 0 Å². The van der Waals surface area contributed by atoms with Gasteiger partial charge in [0.25, 0.3) is 0 Å². The van der Waals surface area contributed by atoms with E-state index in [4.69, 9.17) is 9.47 Å². The molecule has 204 valence electrons. The molecule has 2 N–H and O–H groups in total. The summed E-state index contributed by atoms with van der Waals surface area (Å²) in [5.74, 6) is 0. The van der Waals surface area contributed by atoms with E-state index in [1.807, 2.05) is 60.7 Å². The molecule has 2 aromatic heterocycles. The lowest BCUT2D eigenvalue weighted by Crippen LogP contribution is -2.46. The molecule has 0 aliphatic carbocycles. The highest BCUT2D eigenvalue weighted by Crippen LogP contribution is 2.15. The molecule has 39 heavy (non-hydrogen) atoms. The van der Waals surface area contributed by atoms with E-state index in [-0.39, 0.29) is 26.2 Å². The molecule has 0 spiro atoms. The zero-order valence-corrected chi connectivity index (χ0v) is 22.9. The lowest BCUT2D eigenvalue weighted by Gasteiger charge is -2.27. The molecule has 0 saturated heterocycles. The Bertz CT molecular complexity index is 1260. The van der Waals surface area contributed by atoms with Gasteiger partial charge in [0, 0.05) is 25.5 Å². The summed E-state index contributed by atoms with van der Waals surface area (Å²) in [6.45, 7) is 0.769. The van der Waals surface area contributed by atoms with E-state index in [0.717, 1.165) is 20.9 Å². The largest absolute Gasteiger partial charge is 0.444 e. The van der Waals surface area contributed by atoms with Gasteiger partial charge in [-0.15, -0.1) is 22.7 Å². The topological polar surface area (TPSA) is 114 Å². The minimum atomic E-state index is -0.950. The minimum Gasteiger partial charge on any atom is -0.444 e. The molecule has 2 aromatic carbocycles. The second-order valence-electron chi connectivity index (χ2n) is 8.77. The molecule has 2 unspecified atom stereocenters. The Labute approximate surface area is 235 Å². The lowest BCUT2D eigenvalue weighted by atomic mass is 9.99. The predicted octanol–water partition coefficient (Wildman–Crippen LogP) is 5.03. The van der Waals surface area contributed by atoms with Crippen LogP contribution in [0.3, 0.4) is 0 Å². The number of carbonyl (C=O) groups is 2. The smallest absolute Gasteiger partial charge is 0.410 e. The maximum absolute atomic E-state index is 13.0. The van der Waals surface area contributed by atoms with Crippen LogP contribution in [0, 0.1) is 0 Å². The van der Waals surface area contributed by atoms with E-state index in [2.05, 4.69) is 15.3 Å². The first-order valence-corrected chi connectivity index (χ1v) is 14.2. The number of alkyl carbamates (subject to hydrolysis) is 1. The van der Waals surface area contributed by atoms with Gasteiger partial charge in [-0.1, -0.05) is 60.7 Å². The average molecular weight is 567 g/mol. The van der Waals surface area contributed by atoms with Crippen LogP contribution in [0.25, 0.3) is 0 Å². The number of thiazole rings is 2. The van der Waals surface area contributed by atoms with Crippen molar-refractivity contribution in [2.75, 3.05) is 6.54 Å². The van der Waals surface area contributed by atoms with Gasteiger partial charge in [0.05, 0.1) is 32.9 Å². The third-order valence-electron chi connectivity index (χ3n) is 5.89. The number of hydrogen-bond acceptors (Lipinski definition) is 9. The number of carbonyl (C=O) groups excluding carboxylic acids is 2. The molecule has 11 heteroatoms. The third-order valence-corrected chi connectivity index (χ3v) is 7.39. The number of hydrogen-bond donors (Lipinski definition) is 2. The molecule has 4 rings (SSSR count). The first-order chi connectivity index (χ1) is 19.1. The van der Waals surface area contributed by atoms with Crippen LogP contribution in [0.1, 0.15) is 27.3 Å². The van der Waals surface area contributed by atoms with Crippen molar-refractivity contribution >= 4 is 34.9 Å². The Morgan fingerprint density at radius 2 is 1.46 bits per heavy atom. The molecule has 9 nitrogen and oxygen atoms in total. The number of benzene rings is 2. The fraction of sp³-hybridized carbons (Fsp3) is 0.286. The van der Waals surface area contributed by atoms with Gasteiger partial charge < -0.3 is 24.8 Å². The van der Waals surface area contributed by atoms with E-state index in [9.17, 15) is 14.7 Å². The van der Waals surface area contributed by atoms with Gasteiger partial charge in [0.15, 0.2) is 0 Å². The van der Waals surface area contributed by atoms with Crippen LogP contribution in [-0.2, 0) is 35.7 Å². The summed E-state index contributed by atoms with van der Waals surface area (Å²) in [5, 5.41) is 14.0. The Hall–Kier alpha value is -3.80. The molecular formula is C28H30N4O5S2. The second-order valence-corrected chi connectivity index (χ2v) is 10.7. The highest BCUT2D eigenvalue weighted by atomic mass is 32.1. The maximum Gasteiger partial charge on any atom is 0.410 e. The first kappa shape index (κ1) is 28.2. The van der Waals surface area contributed by atoms with Crippen LogP contribution >= 0.6 is 22.7 Å². The van der Waals surface area contributed by atoms with Gasteiger partial charge in [0.1, 0.15) is 13.2 Å². The number of nitrogens with one attached hydrogen (secondary N) is 1. The maximum atomic E-state index is 13.0. The molecule has 0 aliphatic heterocycles. The normalized spacial score (nSPS) is 12.3. The summed E-state index contributed by atoms with van der Waals surface area (Å²) in [4.78, 5) is 36.8. The van der Waals surface area contributed by atoms with Crippen LogP contribution in [-0.4, -0.2) is 50.9 Å². The molecule has 0 bridgehead atoms. The van der Waals surface area contributed by atoms with Crippen molar-refractivity contribution in [2.24, 2.45) is 0 Å². The summed E-state index contributed by atoms with van der Waals surface area (Å²) >= 11 is 2.80. The van der Waals surface area contributed by atoms with Gasteiger partial charge in [-0.3, -0.25) is 9.97 Å². The van der Waals surface area contributed by atoms with Gasteiger partial charge in [-0.2, -0.15) is 0 Å². The summed E-state index contributed by atoms with van der Waals surface area (Å²) in [5.41, 5.74) is 5.24. The van der Waals surface area contributed by atoms with Crippen molar-refractivity contribution in [3.63, 3.8) is 0 Å². The van der Waals surface area contributed by atoms with Crippen molar-refractivity contribution in [1.29, 1.82) is 0 Å². The summed E-state index contributed by atoms with van der Waals surface area (Å²) in [6, 6.07) is 18.5. The molecule has 2 heterocycles. The van der Waals surface area contributed by atoms with Gasteiger partial charge in [0.2, 0.25) is 0 Å². The van der Waals surface area contributed by atoms with Gasteiger partial charge >= 0.3 is 12.2 Å². The van der Waals surface area contributed by atoms with Crippen LogP contribution in [0.4, 0.5) is 9.59 Å². The highest BCUT2D eigenvalue weighted by Gasteiger charge is 2.25. The number of amides is 2. The fourth-order valence-corrected chi connectivity index (χ4v) is 4.87. The Morgan fingerprint density at radius 1 is 0.872 bits per heavy atom. The SMILES string of the molecule is O=C(NC(Cc1ccccc1)C(O)CCN(Cc1ccccc1)C(=O)OCc1cncs1)OCc1cncs1. The van der Waals surface area contributed by atoms with Crippen molar-refractivity contribution in [1.82, 2.24) is 20.2 Å². The molecule has 4 aromatic rings. The number of aliphatic hydroxyl groups is 1. The van der Waals surface area contributed by atoms with Crippen molar-refractivity contribution < 1.29 is 24.2 Å². The lowest BCUT2D eigenvalue weighted by molar-refractivity contribution is 0.0711. The zero-order valence-electron chi connectivity index (χ0n) is 21.2. The monoisotopic (exact) mass is 566 g/mol. The number of nitrogens with zero attached hydrogens (tertiary/aromatic N) is 3. The molecule has 0 aliphatic rings. The van der Waals surface area contributed by atoms with E-state index in [0.29, 0.717) is 13.0 Å². The Balaban J connectivity index is 1.40. The average Bonchev–Trinajstić information content (AvgIpc) is 3.68. The van der Waals surface area contributed by atoms with Crippen molar-refractivity contribution in [3.05, 3.63) is 105 Å². The second kappa shape index (κ2) is 15.0. The standard InChI is InChI=1S/C28H30N4O5S2/c33-26(25(13-21-7-3-1-4-8-21)31-27(34)36-17-23-14-29-19-38-23)11-12-32(16-22-9-5-2-6-10-22)28(35)37-18-24-15-30-20-39-24/h1-10,14-15,19-20,25-26,33H,11-13,16-18H2,(H,31,34). The minimum absolute atomic E-state index is 0.0983.